The van der Waals surface area contributed by atoms with Crippen LogP contribution in [-0.4, -0.2) is 40.2 Å². The van der Waals surface area contributed by atoms with Gasteiger partial charge in [0.15, 0.2) is 17.6 Å². The molecule has 33 heavy (non-hydrogen) atoms. The Bertz CT molecular complexity index is 1270. The van der Waals surface area contributed by atoms with E-state index in [1.54, 1.807) is 24.3 Å². The molecule has 0 saturated heterocycles. The summed E-state index contributed by atoms with van der Waals surface area (Å²) in [6.45, 7) is 3.48. The van der Waals surface area contributed by atoms with Crippen LogP contribution in [0.1, 0.15) is 38.1 Å². The molecule has 10 heteroatoms. The number of unbranched alkanes of at least 4 members (excludes halogenated alkanes) is 1. The van der Waals surface area contributed by atoms with Gasteiger partial charge in [-0.15, -0.1) is 0 Å². The molecule has 0 spiro atoms. The molecule has 0 radical (unpaired) electrons. The third-order valence-corrected chi connectivity index (χ3v) is 5.80. The third-order valence-electron chi connectivity index (χ3n) is 4.85. The molecule has 0 saturated carbocycles. The van der Waals surface area contributed by atoms with E-state index in [2.05, 4.69) is 48.9 Å². The first kappa shape index (κ1) is 24.9. The van der Waals surface area contributed by atoms with E-state index in [1.807, 2.05) is 6.07 Å². The van der Waals surface area contributed by atoms with Gasteiger partial charge in [-0.25, -0.2) is 9.78 Å². The summed E-state index contributed by atoms with van der Waals surface area (Å²) in [6, 6.07) is 8.72. The molecule has 8 nitrogen and oxygen atoms in total. The van der Waals surface area contributed by atoms with Crippen molar-refractivity contribution in [1.29, 1.82) is 0 Å². The zero-order chi connectivity index (χ0) is 24.1. The predicted octanol–water partition coefficient (Wildman–Crippen LogP) is 5.01. The second-order valence-corrected chi connectivity index (χ2v) is 9.11. The van der Waals surface area contributed by atoms with Crippen molar-refractivity contribution in [3.63, 3.8) is 0 Å². The topological polar surface area (TPSA) is 103 Å². The van der Waals surface area contributed by atoms with Crippen LogP contribution in [0, 0.1) is 0 Å². The van der Waals surface area contributed by atoms with E-state index in [0.29, 0.717) is 38.9 Å². The number of carboxylic acid groups (broad SMARTS) is 1. The second kappa shape index (κ2) is 10.9. The largest absolute Gasteiger partial charge is 0.493 e. The molecule has 2 aromatic carbocycles. The van der Waals surface area contributed by atoms with E-state index >= 15 is 0 Å². The molecule has 0 aliphatic rings. The zero-order valence-electron chi connectivity index (χ0n) is 18.3. The molecule has 3 aromatic rings. The molecular weight excluding hydrogens is 558 g/mol. The highest BCUT2D eigenvalue weighted by molar-refractivity contribution is 9.10. The Morgan fingerprint density at radius 3 is 2.70 bits per heavy atom. The number of nitrogens with zero attached hydrogens (tertiary/aromatic N) is 3. The summed E-state index contributed by atoms with van der Waals surface area (Å²) in [4.78, 5) is 29.3. The van der Waals surface area contributed by atoms with Gasteiger partial charge in [0.25, 0.3) is 5.56 Å². The molecule has 0 unspecified atom stereocenters. The standard InChI is InChI=1S/C23H23Br2N3O5/c1-4-5-6-20-27-18-8-7-15(24)10-17(18)22(29)28(20)26-12-14-9-16(25)11-19(32-3)21(14)33-13(2)23(30)31/h7-13H,4-6H2,1-3H3,(H,30,31)/t13-/m1/s1. The third kappa shape index (κ3) is 5.80. The van der Waals surface area contributed by atoms with Crippen molar-refractivity contribution in [2.45, 2.75) is 39.2 Å². The molecular formula is C23H23Br2N3O5. The fourth-order valence-corrected chi connectivity index (χ4v) is 3.94. The SMILES string of the molecule is CCCCc1nc2ccc(Br)cc2c(=O)n1N=Cc1cc(Br)cc(OC)c1O[C@H](C)C(=O)O. The molecule has 3 rings (SSSR count). The predicted molar refractivity (Wildman–Crippen MR) is 134 cm³/mol. The van der Waals surface area contributed by atoms with Crippen molar-refractivity contribution in [3.8, 4) is 11.5 Å². The minimum absolute atomic E-state index is 0.207. The van der Waals surface area contributed by atoms with E-state index in [4.69, 9.17) is 9.47 Å². The Morgan fingerprint density at radius 2 is 2.03 bits per heavy atom. The maximum absolute atomic E-state index is 13.3. The summed E-state index contributed by atoms with van der Waals surface area (Å²) < 4.78 is 13.7. The molecule has 0 fully saturated rings. The van der Waals surface area contributed by atoms with Gasteiger partial charge >= 0.3 is 5.97 Å². The van der Waals surface area contributed by atoms with Crippen LogP contribution in [0.3, 0.4) is 0 Å². The van der Waals surface area contributed by atoms with Crippen molar-refractivity contribution in [3.05, 3.63) is 61.0 Å². The number of benzene rings is 2. The summed E-state index contributed by atoms with van der Waals surface area (Å²) in [5, 5.41) is 14.1. The Labute approximate surface area is 207 Å². The average molecular weight is 581 g/mol. The lowest BCUT2D eigenvalue weighted by Crippen LogP contribution is -2.24. The van der Waals surface area contributed by atoms with E-state index in [0.717, 1.165) is 17.3 Å². The van der Waals surface area contributed by atoms with Crippen molar-refractivity contribution < 1.29 is 19.4 Å². The smallest absolute Gasteiger partial charge is 0.344 e. The number of rotatable bonds is 9. The van der Waals surface area contributed by atoms with Crippen LogP contribution >= 0.6 is 31.9 Å². The number of hydrogen-bond donors (Lipinski definition) is 1. The first-order valence-electron chi connectivity index (χ1n) is 10.3. The number of halogens is 2. The van der Waals surface area contributed by atoms with Crippen LogP contribution in [0.15, 0.2) is 49.2 Å². The highest BCUT2D eigenvalue weighted by Gasteiger charge is 2.19. The fraction of sp³-hybridized carbons (Fsp3) is 0.304. The average Bonchev–Trinajstić information content (AvgIpc) is 2.78. The van der Waals surface area contributed by atoms with Gasteiger partial charge < -0.3 is 14.6 Å². The number of hydrogen-bond acceptors (Lipinski definition) is 6. The number of ether oxygens (including phenoxy) is 2. The number of carbonyl (C=O) groups is 1. The molecule has 0 bridgehead atoms. The Balaban J connectivity index is 2.16. The number of carboxylic acids is 1. The van der Waals surface area contributed by atoms with Crippen LogP contribution in [0.4, 0.5) is 0 Å². The maximum atomic E-state index is 13.3. The summed E-state index contributed by atoms with van der Waals surface area (Å²) in [6.07, 6.45) is 2.69. The molecule has 1 heterocycles. The minimum atomic E-state index is -1.12. The molecule has 1 N–H and O–H groups in total. The first-order valence-corrected chi connectivity index (χ1v) is 11.9. The number of aryl methyl sites for hydroxylation is 1. The summed E-state index contributed by atoms with van der Waals surface area (Å²) in [5.74, 6) is -0.0430. The lowest BCUT2D eigenvalue weighted by atomic mass is 10.2. The van der Waals surface area contributed by atoms with Gasteiger partial charge in [0.05, 0.1) is 24.2 Å². The zero-order valence-corrected chi connectivity index (χ0v) is 21.5. The lowest BCUT2D eigenvalue weighted by Gasteiger charge is -2.16. The quantitative estimate of drug-likeness (QED) is 0.357. The van der Waals surface area contributed by atoms with Gasteiger partial charge in [0.1, 0.15) is 5.82 Å². The van der Waals surface area contributed by atoms with Gasteiger partial charge in [0.2, 0.25) is 0 Å². The monoisotopic (exact) mass is 579 g/mol. The Hall–Kier alpha value is -2.72. The molecule has 1 atom stereocenters. The van der Waals surface area contributed by atoms with Crippen LogP contribution in [-0.2, 0) is 11.2 Å². The van der Waals surface area contributed by atoms with Crippen molar-refractivity contribution in [2.24, 2.45) is 5.10 Å². The molecule has 0 amide bonds. The van der Waals surface area contributed by atoms with Crippen molar-refractivity contribution in [2.75, 3.05) is 7.11 Å². The highest BCUT2D eigenvalue weighted by Crippen LogP contribution is 2.35. The number of aliphatic carboxylic acids is 1. The normalized spacial score (nSPS) is 12.3. The van der Waals surface area contributed by atoms with Gasteiger partial charge in [-0.2, -0.15) is 9.78 Å². The molecule has 0 aliphatic carbocycles. The number of aromatic nitrogens is 2. The molecule has 174 valence electrons. The summed E-state index contributed by atoms with van der Waals surface area (Å²) >= 11 is 6.81. The minimum Gasteiger partial charge on any atom is -0.493 e. The maximum Gasteiger partial charge on any atom is 0.344 e. The van der Waals surface area contributed by atoms with Crippen LogP contribution < -0.4 is 15.0 Å². The number of fused-ring (bicyclic) bond motifs is 1. The fourth-order valence-electron chi connectivity index (χ4n) is 3.12. The van der Waals surface area contributed by atoms with Gasteiger partial charge in [-0.3, -0.25) is 4.79 Å². The summed E-state index contributed by atoms with van der Waals surface area (Å²) in [7, 11) is 1.46. The van der Waals surface area contributed by atoms with E-state index in [9.17, 15) is 14.7 Å². The van der Waals surface area contributed by atoms with Gasteiger partial charge in [-0.05, 0) is 43.7 Å². The molecule has 1 aromatic heterocycles. The highest BCUT2D eigenvalue weighted by atomic mass is 79.9. The summed E-state index contributed by atoms with van der Waals surface area (Å²) in [5.41, 5.74) is 0.744. The van der Waals surface area contributed by atoms with Crippen molar-refractivity contribution in [1.82, 2.24) is 9.66 Å². The van der Waals surface area contributed by atoms with E-state index < -0.39 is 12.1 Å². The molecule has 0 aliphatic heterocycles. The van der Waals surface area contributed by atoms with Gasteiger partial charge in [-0.1, -0.05) is 45.2 Å². The van der Waals surface area contributed by atoms with Gasteiger partial charge in [0, 0.05) is 20.9 Å². The second-order valence-electron chi connectivity index (χ2n) is 7.28. The lowest BCUT2D eigenvalue weighted by molar-refractivity contribution is -0.144. The van der Waals surface area contributed by atoms with E-state index in [1.165, 1.54) is 24.9 Å². The van der Waals surface area contributed by atoms with Crippen LogP contribution in [0.25, 0.3) is 10.9 Å². The van der Waals surface area contributed by atoms with Crippen LogP contribution in [0.5, 0.6) is 11.5 Å². The first-order chi connectivity index (χ1) is 15.7. The number of methoxy groups -OCH3 is 1. The Morgan fingerprint density at radius 1 is 1.27 bits per heavy atom. The van der Waals surface area contributed by atoms with E-state index in [-0.39, 0.29) is 11.3 Å². The van der Waals surface area contributed by atoms with Crippen molar-refractivity contribution >= 4 is 54.9 Å². The van der Waals surface area contributed by atoms with Crippen LogP contribution in [0.2, 0.25) is 0 Å². The Kier molecular flexibility index (Phi) is 8.25.